The van der Waals surface area contributed by atoms with E-state index >= 15 is 0 Å². The number of guanidine groups is 1. The molecule has 1 N–H and O–H groups in total. The van der Waals surface area contributed by atoms with E-state index in [0.717, 1.165) is 15.7 Å². The summed E-state index contributed by atoms with van der Waals surface area (Å²) in [5.74, 6) is -0.223. The Morgan fingerprint density at radius 1 is 1.33 bits per heavy atom. The molecule has 0 aliphatic heterocycles. The first-order chi connectivity index (χ1) is 10.6. The number of thiophene rings is 1. The Bertz CT molecular complexity index is 568. The Kier molecular flexibility index (Phi) is 10.2. The molecule has 5 nitrogen and oxygen atoms in total. The molecule has 1 aromatic rings. The topological polar surface area (TPSA) is 47.9 Å². The van der Waals surface area contributed by atoms with E-state index in [9.17, 15) is 18.0 Å². The van der Waals surface area contributed by atoms with Crippen molar-refractivity contribution < 1.29 is 18.0 Å². The summed E-state index contributed by atoms with van der Waals surface area (Å²) in [5, 5.41) is 2.77. The van der Waals surface area contributed by atoms with Gasteiger partial charge in [-0.05, 0) is 28.1 Å². The fourth-order valence-electron chi connectivity index (χ4n) is 1.78. The number of likely N-dealkylation sites (N-methyl/N-ethyl adjacent to an activating group) is 1. The Morgan fingerprint density at radius 2 is 1.96 bits per heavy atom. The van der Waals surface area contributed by atoms with Gasteiger partial charge < -0.3 is 15.1 Å². The summed E-state index contributed by atoms with van der Waals surface area (Å²) in [7, 11) is 4.45. The summed E-state index contributed by atoms with van der Waals surface area (Å²) in [5.41, 5.74) is 0. The van der Waals surface area contributed by atoms with Crippen molar-refractivity contribution >= 4 is 63.1 Å². The van der Waals surface area contributed by atoms with Gasteiger partial charge in [0.1, 0.15) is 6.54 Å². The predicted octanol–water partition coefficient (Wildman–Crippen LogP) is 3.16. The smallest absolute Gasteiger partial charge is 0.347 e. The van der Waals surface area contributed by atoms with Gasteiger partial charge in [-0.2, -0.15) is 13.2 Å². The maximum Gasteiger partial charge on any atom is 0.406 e. The lowest BCUT2D eigenvalue weighted by Gasteiger charge is -2.23. The summed E-state index contributed by atoms with van der Waals surface area (Å²) < 4.78 is 37.8. The number of rotatable bonds is 5. The first kappa shape index (κ1) is 23.4. The summed E-state index contributed by atoms with van der Waals surface area (Å²) in [6, 6.07) is 3.89. The van der Waals surface area contributed by atoms with E-state index in [-0.39, 0.29) is 30.5 Å². The first-order valence-corrected chi connectivity index (χ1v) is 8.20. The molecule has 11 heteroatoms. The minimum atomic E-state index is -4.41. The van der Waals surface area contributed by atoms with E-state index in [2.05, 4.69) is 26.2 Å². The number of nitrogens with one attached hydrogen (secondary N) is 1. The monoisotopic (exact) mass is 542 g/mol. The van der Waals surface area contributed by atoms with Crippen LogP contribution in [0.1, 0.15) is 4.88 Å². The lowest BCUT2D eigenvalue weighted by molar-refractivity contribution is -0.157. The van der Waals surface area contributed by atoms with Crippen molar-refractivity contribution in [2.45, 2.75) is 12.7 Å². The van der Waals surface area contributed by atoms with Crippen molar-refractivity contribution in [1.29, 1.82) is 0 Å². The molecule has 0 aliphatic rings. The van der Waals surface area contributed by atoms with E-state index in [4.69, 9.17) is 0 Å². The minimum absolute atomic E-state index is 0. The third kappa shape index (κ3) is 8.51. The fourth-order valence-corrected chi connectivity index (χ4v) is 3.31. The predicted molar refractivity (Wildman–Crippen MR) is 104 cm³/mol. The number of carbonyl (C=O) groups is 1. The highest BCUT2D eigenvalue weighted by Gasteiger charge is 2.31. The summed E-state index contributed by atoms with van der Waals surface area (Å²) in [4.78, 5) is 19.2. The van der Waals surface area contributed by atoms with Gasteiger partial charge in [-0.3, -0.25) is 9.79 Å². The summed E-state index contributed by atoms with van der Waals surface area (Å²) >= 11 is 4.95. The zero-order valence-corrected chi connectivity index (χ0v) is 18.1. The van der Waals surface area contributed by atoms with Crippen LogP contribution in [0.15, 0.2) is 20.9 Å². The molecule has 0 bridgehead atoms. The zero-order chi connectivity index (χ0) is 17.6. The Labute approximate surface area is 168 Å². The molecule has 138 valence electrons. The Morgan fingerprint density at radius 3 is 2.42 bits per heavy atom. The molecule has 1 rings (SSSR count). The zero-order valence-electron chi connectivity index (χ0n) is 13.4. The Hall–Kier alpha value is -0.560. The number of hydrogen-bond acceptors (Lipinski definition) is 3. The van der Waals surface area contributed by atoms with Crippen LogP contribution < -0.4 is 5.32 Å². The van der Waals surface area contributed by atoms with E-state index < -0.39 is 18.6 Å². The number of carbonyl (C=O) groups excluding carboxylic acids is 1. The second-order valence-corrected chi connectivity index (χ2v) is 7.38. The molecule has 0 atom stereocenters. The van der Waals surface area contributed by atoms with Gasteiger partial charge in [-0.25, -0.2) is 0 Å². The molecule has 0 saturated carbocycles. The van der Waals surface area contributed by atoms with E-state index in [1.165, 1.54) is 0 Å². The number of nitrogens with zero attached hydrogens (tertiary/aromatic N) is 3. The van der Waals surface area contributed by atoms with Crippen molar-refractivity contribution in [2.75, 3.05) is 34.2 Å². The van der Waals surface area contributed by atoms with Gasteiger partial charge in [-0.15, -0.1) is 35.3 Å². The fraction of sp³-hybridized carbons (Fsp3) is 0.538. The highest BCUT2D eigenvalue weighted by Crippen LogP contribution is 2.23. The highest BCUT2D eigenvalue weighted by molar-refractivity contribution is 14.0. The van der Waals surface area contributed by atoms with Crippen molar-refractivity contribution in [3.8, 4) is 0 Å². The van der Waals surface area contributed by atoms with Gasteiger partial charge in [-0.1, -0.05) is 0 Å². The van der Waals surface area contributed by atoms with Gasteiger partial charge in [0.15, 0.2) is 5.96 Å². The van der Waals surface area contributed by atoms with Crippen molar-refractivity contribution in [1.82, 2.24) is 15.1 Å². The highest BCUT2D eigenvalue weighted by atomic mass is 127. The third-order valence-corrected chi connectivity index (χ3v) is 4.44. The van der Waals surface area contributed by atoms with Crippen molar-refractivity contribution in [3.05, 3.63) is 20.8 Å². The van der Waals surface area contributed by atoms with Gasteiger partial charge in [0.2, 0.25) is 5.91 Å². The molecular formula is C13H19BrF3IN4OS. The minimum Gasteiger partial charge on any atom is -0.347 e. The third-order valence-electron chi connectivity index (χ3n) is 2.84. The van der Waals surface area contributed by atoms with Crippen LogP contribution in [0.25, 0.3) is 0 Å². The lowest BCUT2D eigenvalue weighted by atomic mass is 10.4. The summed E-state index contributed by atoms with van der Waals surface area (Å²) in [6.45, 7) is -0.953. The van der Waals surface area contributed by atoms with E-state index in [0.29, 0.717) is 17.4 Å². The first-order valence-electron chi connectivity index (χ1n) is 6.59. The van der Waals surface area contributed by atoms with Crippen LogP contribution >= 0.6 is 51.2 Å². The molecule has 0 unspecified atom stereocenters. The van der Waals surface area contributed by atoms with Gasteiger partial charge in [0.05, 0.1) is 16.9 Å². The number of amides is 1. The molecule has 0 fully saturated rings. The van der Waals surface area contributed by atoms with Crippen LogP contribution in [0, 0.1) is 0 Å². The van der Waals surface area contributed by atoms with Gasteiger partial charge in [0, 0.05) is 26.0 Å². The number of halogens is 5. The van der Waals surface area contributed by atoms with Crippen molar-refractivity contribution in [2.24, 2.45) is 4.99 Å². The van der Waals surface area contributed by atoms with Crippen LogP contribution in [0.3, 0.4) is 0 Å². The normalized spacial score (nSPS) is 11.7. The average Bonchev–Trinajstić information content (AvgIpc) is 2.82. The standard InChI is InChI=1S/C13H18BrF3N4OS.HI/c1-18-12(20(2)7-9-4-5-10(14)23-9)19-6-11(22)21(3)8-13(15,16)17;/h4-5H,6-8H2,1-3H3,(H,18,19);1H. The van der Waals surface area contributed by atoms with Crippen LogP contribution in [-0.2, 0) is 11.3 Å². The quantitative estimate of drug-likeness (QED) is 0.353. The molecule has 1 heterocycles. The van der Waals surface area contributed by atoms with Crippen LogP contribution in [0.4, 0.5) is 13.2 Å². The molecule has 1 amide bonds. The average molecular weight is 543 g/mol. The SMILES string of the molecule is CN=C(NCC(=O)N(C)CC(F)(F)F)N(C)Cc1ccc(Br)s1.I. The van der Waals surface area contributed by atoms with Crippen molar-refractivity contribution in [3.63, 3.8) is 0 Å². The maximum absolute atomic E-state index is 12.3. The summed E-state index contributed by atoms with van der Waals surface area (Å²) in [6.07, 6.45) is -4.41. The second kappa shape index (κ2) is 10.4. The molecular weight excluding hydrogens is 524 g/mol. The molecule has 0 aliphatic carbocycles. The molecule has 0 aromatic carbocycles. The van der Waals surface area contributed by atoms with E-state index in [1.807, 2.05) is 12.1 Å². The maximum atomic E-state index is 12.3. The number of aliphatic imine (C=N–C) groups is 1. The van der Waals surface area contributed by atoms with Crippen LogP contribution in [-0.4, -0.2) is 62.1 Å². The largest absolute Gasteiger partial charge is 0.406 e. The van der Waals surface area contributed by atoms with Crippen LogP contribution in [0.5, 0.6) is 0 Å². The van der Waals surface area contributed by atoms with Crippen LogP contribution in [0.2, 0.25) is 0 Å². The lowest BCUT2D eigenvalue weighted by Crippen LogP contribution is -2.45. The number of hydrogen-bond donors (Lipinski definition) is 1. The molecule has 0 radical (unpaired) electrons. The van der Waals surface area contributed by atoms with E-state index in [1.54, 1.807) is 30.3 Å². The molecule has 0 spiro atoms. The second-order valence-electron chi connectivity index (χ2n) is 4.83. The molecule has 24 heavy (non-hydrogen) atoms. The van der Waals surface area contributed by atoms with Gasteiger partial charge in [0.25, 0.3) is 0 Å². The Balaban J connectivity index is 0.00000529. The molecule has 1 aromatic heterocycles. The van der Waals surface area contributed by atoms with Gasteiger partial charge >= 0.3 is 6.18 Å². The number of alkyl halides is 3. The molecule has 0 saturated heterocycles.